The van der Waals surface area contributed by atoms with Gasteiger partial charge in [0, 0.05) is 0 Å². The van der Waals surface area contributed by atoms with Gasteiger partial charge in [0.1, 0.15) is 6.10 Å². The van der Waals surface area contributed by atoms with Crippen LogP contribution in [0, 0.1) is 0 Å². The Hall–Kier alpha value is -0.830. The van der Waals surface area contributed by atoms with E-state index in [1.807, 2.05) is 19.1 Å². The van der Waals surface area contributed by atoms with Gasteiger partial charge < -0.3 is 9.47 Å². The number of hydrogen-bond donors (Lipinski definition) is 0. The van der Waals surface area contributed by atoms with Gasteiger partial charge in [0.25, 0.3) is 0 Å². The minimum atomic E-state index is -0.721. The van der Waals surface area contributed by atoms with Gasteiger partial charge in [-0.25, -0.2) is 4.79 Å². The minimum absolute atomic E-state index is 0.0973. The summed E-state index contributed by atoms with van der Waals surface area (Å²) in [4.78, 5) is 11.0. The number of methoxy groups -OCH3 is 1. The molecule has 11 heavy (non-hydrogen) atoms. The van der Waals surface area contributed by atoms with Crippen LogP contribution in [0.4, 0.5) is 0 Å². The lowest BCUT2D eigenvalue weighted by Crippen LogP contribution is -2.24. The Balaban J connectivity index is 2.55. The molecule has 0 aromatic carbocycles. The summed E-state index contributed by atoms with van der Waals surface area (Å²) in [5.74, 6) is -0.305. The number of esters is 1. The highest BCUT2D eigenvalue weighted by Gasteiger charge is 2.58. The van der Waals surface area contributed by atoms with E-state index in [-0.39, 0.29) is 12.1 Å². The van der Waals surface area contributed by atoms with Gasteiger partial charge >= 0.3 is 5.97 Å². The van der Waals surface area contributed by atoms with E-state index >= 15 is 0 Å². The van der Waals surface area contributed by atoms with Gasteiger partial charge in [0.2, 0.25) is 0 Å². The van der Waals surface area contributed by atoms with Crippen LogP contribution < -0.4 is 0 Å². The highest BCUT2D eigenvalue weighted by molar-refractivity contribution is 5.83. The zero-order valence-corrected chi connectivity index (χ0v) is 6.96. The van der Waals surface area contributed by atoms with E-state index in [0.717, 1.165) is 0 Å². The van der Waals surface area contributed by atoms with Crippen LogP contribution in [0.2, 0.25) is 0 Å². The van der Waals surface area contributed by atoms with Crippen molar-refractivity contribution in [3.63, 3.8) is 0 Å². The molecule has 0 saturated carbocycles. The second-order valence-electron chi connectivity index (χ2n) is 2.66. The summed E-state index contributed by atoms with van der Waals surface area (Å²) in [7, 11) is 1.36. The number of carbonyl (C=O) groups excluding carboxylic acids is 1. The van der Waals surface area contributed by atoms with Gasteiger partial charge in [0.15, 0.2) is 5.60 Å². The van der Waals surface area contributed by atoms with Crippen molar-refractivity contribution in [3.05, 3.63) is 12.2 Å². The normalized spacial score (nSPS) is 35.7. The second kappa shape index (κ2) is 2.66. The third kappa shape index (κ3) is 1.28. The highest BCUT2D eigenvalue weighted by atomic mass is 16.7. The highest BCUT2D eigenvalue weighted by Crippen LogP contribution is 2.37. The molecule has 1 saturated heterocycles. The van der Waals surface area contributed by atoms with Crippen molar-refractivity contribution in [1.82, 2.24) is 0 Å². The average Bonchev–Trinajstić information content (AvgIpc) is 2.63. The Morgan fingerprint density at radius 3 is 2.82 bits per heavy atom. The molecule has 2 unspecified atom stereocenters. The van der Waals surface area contributed by atoms with E-state index in [2.05, 4.69) is 4.74 Å². The Kier molecular flexibility index (Phi) is 2.00. The number of ether oxygens (including phenoxy) is 2. The molecule has 2 atom stereocenters. The van der Waals surface area contributed by atoms with Crippen LogP contribution >= 0.6 is 0 Å². The van der Waals surface area contributed by atoms with Gasteiger partial charge in [-0.15, -0.1) is 0 Å². The SMILES string of the molecule is C/C=C/C1OC1(C)C(=O)OC. The maximum absolute atomic E-state index is 11.0. The molecule has 3 heteroatoms. The van der Waals surface area contributed by atoms with Crippen LogP contribution in [0.3, 0.4) is 0 Å². The molecule has 0 spiro atoms. The summed E-state index contributed by atoms with van der Waals surface area (Å²) >= 11 is 0. The Labute approximate surface area is 66.0 Å². The Morgan fingerprint density at radius 1 is 1.73 bits per heavy atom. The molecule has 1 aliphatic rings. The molecule has 0 radical (unpaired) electrons. The number of allylic oxidation sites excluding steroid dienone is 1. The van der Waals surface area contributed by atoms with Gasteiger partial charge in [0.05, 0.1) is 7.11 Å². The van der Waals surface area contributed by atoms with Crippen LogP contribution in [-0.4, -0.2) is 24.8 Å². The topological polar surface area (TPSA) is 38.8 Å². The monoisotopic (exact) mass is 156 g/mol. The van der Waals surface area contributed by atoms with Crippen LogP contribution in [0.25, 0.3) is 0 Å². The third-order valence-electron chi connectivity index (χ3n) is 1.82. The fraction of sp³-hybridized carbons (Fsp3) is 0.625. The van der Waals surface area contributed by atoms with Gasteiger partial charge in [-0.1, -0.05) is 12.2 Å². The maximum atomic E-state index is 11.0. The molecule has 0 aromatic heterocycles. The van der Waals surface area contributed by atoms with Crippen LogP contribution in [0.15, 0.2) is 12.2 Å². The van der Waals surface area contributed by atoms with E-state index < -0.39 is 5.60 Å². The summed E-state index contributed by atoms with van der Waals surface area (Å²) in [6, 6.07) is 0. The minimum Gasteiger partial charge on any atom is -0.467 e. The standard InChI is InChI=1S/C8H12O3/c1-4-5-6-8(2,11-6)7(9)10-3/h4-6H,1-3H3/b5-4+. The lowest BCUT2D eigenvalue weighted by molar-refractivity contribution is -0.146. The van der Waals surface area contributed by atoms with E-state index in [0.29, 0.717) is 0 Å². The Morgan fingerprint density at radius 2 is 2.36 bits per heavy atom. The van der Waals surface area contributed by atoms with Crippen molar-refractivity contribution in [2.75, 3.05) is 7.11 Å². The summed E-state index contributed by atoms with van der Waals surface area (Å²) in [5.41, 5.74) is -0.721. The first-order valence-electron chi connectivity index (χ1n) is 3.54. The number of carbonyl (C=O) groups is 1. The predicted molar refractivity (Wildman–Crippen MR) is 40.1 cm³/mol. The zero-order valence-electron chi connectivity index (χ0n) is 6.96. The van der Waals surface area contributed by atoms with E-state index in [9.17, 15) is 4.79 Å². The lowest BCUT2D eigenvalue weighted by Gasteiger charge is -2.00. The number of epoxide rings is 1. The molecular weight excluding hydrogens is 144 g/mol. The second-order valence-corrected chi connectivity index (χ2v) is 2.66. The van der Waals surface area contributed by atoms with Crippen molar-refractivity contribution in [3.8, 4) is 0 Å². The van der Waals surface area contributed by atoms with Gasteiger partial charge in [-0.2, -0.15) is 0 Å². The molecular formula is C8H12O3. The molecule has 0 bridgehead atoms. The van der Waals surface area contributed by atoms with E-state index in [1.165, 1.54) is 7.11 Å². The first-order chi connectivity index (χ1) is 5.15. The largest absolute Gasteiger partial charge is 0.467 e. The van der Waals surface area contributed by atoms with Crippen molar-refractivity contribution in [1.29, 1.82) is 0 Å². The van der Waals surface area contributed by atoms with Crippen LogP contribution in [-0.2, 0) is 14.3 Å². The van der Waals surface area contributed by atoms with E-state index in [1.54, 1.807) is 6.92 Å². The summed E-state index contributed by atoms with van der Waals surface area (Å²) in [6.07, 6.45) is 3.61. The number of hydrogen-bond acceptors (Lipinski definition) is 3. The maximum Gasteiger partial charge on any atom is 0.340 e. The zero-order chi connectivity index (χ0) is 8.48. The summed E-state index contributed by atoms with van der Waals surface area (Å²) in [6.45, 7) is 3.61. The van der Waals surface area contributed by atoms with E-state index in [4.69, 9.17) is 4.74 Å². The Bertz CT molecular complexity index is 198. The molecule has 1 rings (SSSR count). The van der Waals surface area contributed by atoms with Crippen LogP contribution in [0.5, 0.6) is 0 Å². The van der Waals surface area contributed by atoms with Gasteiger partial charge in [-0.3, -0.25) is 0 Å². The molecule has 1 aliphatic heterocycles. The molecule has 1 fully saturated rings. The quantitative estimate of drug-likeness (QED) is 0.338. The number of rotatable bonds is 2. The first kappa shape index (κ1) is 8.27. The molecule has 0 N–H and O–H groups in total. The molecule has 0 amide bonds. The van der Waals surface area contributed by atoms with Crippen molar-refractivity contribution in [2.24, 2.45) is 0 Å². The van der Waals surface area contributed by atoms with Crippen molar-refractivity contribution in [2.45, 2.75) is 25.6 Å². The molecule has 1 heterocycles. The molecule has 0 aromatic rings. The third-order valence-corrected chi connectivity index (χ3v) is 1.82. The lowest BCUT2D eigenvalue weighted by atomic mass is 10.1. The average molecular weight is 156 g/mol. The summed E-state index contributed by atoms with van der Waals surface area (Å²) < 4.78 is 9.69. The smallest absolute Gasteiger partial charge is 0.340 e. The van der Waals surface area contributed by atoms with Gasteiger partial charge in [-0.05, 0) is 13.8 Å². The summed E-state index contributed by atoms with van der Waals surface area (Å²) in [5, 5.41) is 0. The molecule has 62 valence electrons. The van der Waals surface area contributed by atoms with Crippen molar-refractivity contribution < 1.29 is 14.3 Å². The first-order valence-corrected chi connectivity index (χ1v) is 3.54. The van der Waals surface area contributed by atoms with Crippen molar-refractivity contribution >= 4 is 5.97 Å². The van der Waals surface area contributed by atoms with Crippen LogP contribution in [0.1, 0.15) is 13.8 Å². The predicted octanol–water partition coefficient (Wildman–Crippen LogP) is 0.893. The molecule has 0 aliphatic carbocycles. The molecule has 3 nitrogen and oxygen atoms in total. The fourth-order valence-corrected chi connectivity index (χ4v) is 0.994. The fourth-order valence-electron chi connectivity index (χ4n) is 0.994.